The molecule has 2 N–H and O–H groups in total. The Balaban J connectivity index is 2.04. The summed E-state index contributed by atoms with van der Waals surface area (Å²) in [5, 5.41) is 0. The van der Waals surface area contributed by atoms with E-state index in [0.717, 1.165) is 22.5 Å². The number of methoxy groups -OCH3 is 2. The number of carbonyl (C=O) groups excluding carboxylic acids is 2. The van der Waals surface area contributed by atoms with Gasteiger partial charge in [0.05, 0.1) is 35.8 Å². The lowest BCUT2D eigenvalue weighted by atomic mass is 9.82. The predicted molar refractivity (Wildman–Crippen MR) is 150 cm³/mol. The fourth-order valence-corrected chi connectivity index (χ4v) is 5.77. The van der Waals surface area contributed by atoms with Crippen LogP contribution in [0.3, 0.4) is 0 Å². The van der Waals surface area contributed by atoms with Crippen LogP contribution in [-0.2, 0) is 19.1 Å². The highest BCUT2D eigenvalue weighted by Crippen LogP contribution is 2.38. The van der Waals surface area contributed by atoms with E-state index in [-0.39, 0.29) is 17.0 Å². The van der Waals surface area contributed by atoms with E-state index in [2.05, 4.69) is 27.7 Å². The lowest BCUT2D eigenvalue weighted by Crippen LogP contribution is -2.41. The van der Waals surface area contributed by atoms with Crippen LogP contribution in [-0.4, -0.2) is 30.7 Å². The second-order valence-corrected chi connectivity index (χ2v) is 10.9. The van der Waals surface area contributed by atoms with Gasteiger partial charge in [-0.25, -0.2) is 9.59 Å². The third-order valence-corrected chi connectivity index (χ3v) is 7.90. The lowest BCUT2D eigenvalue weighted by molar-refractivity contribution is -0.136. The normalized spacial score (nSPS) is 15.7. The number of benzene rings is 2. The first kappa shape index (κ1) is 27.1. The molecule has 7 nitrogen and oxygen atoms in total. The largest absolute Gasteiger partial charge is 0.466 e. The molecular weight excluding hydrogens is 500 g/mol. The van der Waals surface area contributed by atoms with Crippen LogP contribution >= 0.6 is 11.3 Å². The quantitative estimate of drug-likeness (QED) is 0.489. The fourth-order valence-electron chi connectivity index (χ4n) is 4.60. The van der Waals surface area contributed by atoms with Gasteiger partial charge in [-0.1, -0.05) is 76.2 Å². The Bertz CT molecular complexity index is 1590. The second-order valence-electron chi connectivity index (χ2n) is 9.83. The van der Waals surface area contributed by atoms with Gasteiger partial charge in [-0.15, -0.1) is 11.3 Å². The van der Waals surface area contributed by atoms with Gasteiger partial charge in [0.25, 0.3) is 5.56 Å². The summed E-state index contributed by atoms with van der Waals surface area (Å²) >= 11 is 1.14. The number of rotatable bonds is 6. The first-order valence-electron chi connectivity index (χ1n) is 12.4. The molecular formula is C30H32N2O5S. The van der Waals surface area contributed by atoms with Crippen LogP contribution in [0.5, 0.6) is 0 Å². The Labute approximate surface area is 225 Å². The van der Waals surface area contributed by atoms with Gasteiger partial charge in [-0.2, -0.15) is 0 Å². The van der Waals surface area contributed by atoms with Crippen LogP contribution in [0.1, 0.15) is 67.7 Å². The predicted octanol–water partition coefficient (Wildman–Crippen LogP) is 3.41. The number of ether oxygens (including phenoxy) is 2. The Kier molecular flexibility index (Phi) is 7.73. The van der Waals surface area contributed by atoms with Crippen LogP contribution in [0.4, 0.5) is 0 Å². The van der Waals surface area contributed by atoms with Crippen LogP contribution in [0.2, 0.25) is 0 Å². The van der Waals surface area contributed by atoms with E-state index in [4.69, 9.17) is 15.2 Å². The number of nitrogens with zero attached hydrogens (tertiary/aromatic N) is 1. The summed E-state index contributed by atoms with van der Waals surface area (Å²) < 4.78 is 12.1. The minimum atomic E-state index is -0.868. The number of aromatic nitrogens is 1. The van der Waals surface area contributed by atoms with Crippen molar-refractivity contribution in [3.63, 3.8) is 0 Å². The number of fused-ring (bicyclic) bond motifs is 1. The van der Waals surface area contributed by atoms with E-state index in [1.807, 2.05) is 48.5 Å². The standard InChI is InChI=1S/C30H32N2O5S/c1-16(2)19-9-7-18(8-10-19)15-22-27(33)32-26(31)24(29(34)36-5)23(25(28(32)38-22)30(35)37-6)21-13-11-20(12-14-21)17(3)4/h7-17,23H,31H2,1-6H3/b22-15-/t23-/m1/s1. The van der Waals surface area contributed by atoms with Crippen molar-refractivity contribution in [3.8, 4) is 0 Å². The summed E-state index contributed by atoms with van der Waals surface area (Å²) in [6.45, 7) is 8.39. The van der Waals surface area contributed by atoms with Crippen LogP contribution in [0, 0.1) is 0 Å². The zero-order chi connectivity index (χ0) is 27.7. The van der Waals surface area contributed by atoms with Crippen molar-refractivity contribution >= 4 is 40.7 Å². The van der Waals surface area contributed by atoms with Gasteiger partial charge in [-0.05, 0) is 40.2 Å². The summed E-state index contributed by atoms with van der Waals surface area (Å²) in [7, 11) is 2.51. The maximum Gasteiger partial charge on any atom is 0.338 e. The average molecular weight is 533 g/mol. The highest BCUT2D eigenvalue weighted by atomic mass is 32.1. The van der Waals surface area contributed by atoms with Gasteiger partial charge in [0.2, 0.25) is 0 Å². The second kappa shape index (κ2) is 10.8. The molecule has 38 heavy (non-hydrogen) atoms. The molecule has 1 aromatic heterocycles. The van der Waals surface area contributed by atoms with Crippen molar-refractivity contribution in [2.45, 2.75) is 45.4 Å². The zero-order valence-corrected chi connectivity index (χ0v) is 23.2. The first-order valence-corrected chi connectivity index (χ1v) is 13.2. The number of thiazole rings is 1. The molecule has 1 atom stereocenters. The van der Waals surface area contributed by atoms with Crippen molar-refractivity contribution in [2.24, 2.45) is 5.73 Å². The molecule has 3 aromatic rings. The summed E-state index contributed by atoms with van der Waals surface area (Å²) in [4.78, 5) is 39.9. The number of nitrogens with two attached hydrogens (primary N) is 1. The summed E-state index contributed by atoms with van der Waals surface area (Å²) in [6, 6.07) is 15.6. The van der Waals surface area contributed by atoms with Gasteiger partial charge in [-0.3, -0.25) is 9.36 Å². The maximum absolute atomic E-state index is 13.6. The van der Waals surface area contributed by atoms with Crippen LogP contribution in [0.25, 0.3) is 17.5 Å². The lowest BCUT2D eigenvalue weighted by Gasteiger charge is -2.26. The molecule has 4 rings (SSSR count). The van der Waals surface area contributed by atoms with Gasteiger partial charge < -0.3 is 15.2 Å². The molecule has 1 aliphatic heterocycles. The van der Waals surface area contributed by atoms with Crippen LogP contribution in [0.15, 0.2) is 58.9 Å². The SMILES string of the molecule is COC(=O)C1=C(N)n2c(s/c(=C\c3ccc(C(C)C)cc3)c2=O)=C(C(=O)OC)[C@@H]1c1ccc(C(C)C)cc1. The Morgan fingerprint density at radius 2 is 1.37 bits per heavy atom. The molecule has 0 radical (unpaired) electrons. The van der Waals surface area contributed by atoms with E-state index in [1.54, 1.807) is 6.08 Å². The van der Waals surface area contributed by atoms with Gasteiger partial charge in [0.1, 0.15) is 10.5 Å². The molecule has 2 heterocycles. The third kappa shape index (κ3) is 4.84. The van der Waals surface area contributed by atoms with Gasteiger partial charge in [0, 0.05) is 0 Å². The van der Waals surface area contributed by atoms with E-state index < -0.39 is 23.4 Å². The molecule has 0 spiro atoms. The van der Waals surface area contributed by atoms with Gasteiger partial charge in [0.15, 0.2) is 0 Å². The highest BCUT2D eigenvalue weighted by molar-refractivity contribution is 7.07. The zero-order valence-electron chi connectivity index (χ0n) is 22.4. The Morgan fingerprint density at radius 3 is 1.87 bits per heavy atom. The van der Waals surface area contributed by atoms with Gasteiger partial charge >= 0.3 is 11.9 Å². The van der Waals surface area contributed by atoms with Crippen molar-refractivity contribution in [1.82, 2.24) is 4.57 Å². The number of carbonyl (C=O) groups is 2. The molecule has 0 saturated carbocycles. The first-order chi connectivity index (χ1) is 18.1. The molecule has 1 aliphatic rings. The van der Waals surface area contributed by atoms with E-state index >= 15 is 0 Å². The monoisotopic (exact) mass is 532 g/mol. The highest BCUT2D eigenvalue weighted by Gasteiger charge is 2.39. The molecule has 0 amide bonds. The number of hydrogen-bond donors (Lipinski definition) is 1. The Hall–Kier alpha value is -3.91. The topological polar surface area (TPSA) is 101 Å². The third-order valence-electron chi connectivity index (χ3n) is 6.80. The summed E-state index contributed by atoms with van der Waals surface area (Å²) in [5.41, 5.74) is 10.1. The minimum absolute atomic E-state index is 0.0189. The smallest absolute Gasteiger partial charge is 0.338 e. The number of hydrogen-bond acceptors (Lipinski definition) is 7. The molecule has 198 valence electrons. The maximum atomic E-state index is 13.6. The molecule has 0 aliphatic carbocycles. The van der Waals surface area contributed by atoms with E-state index in [9.17, 15) is 14.4 Å². The Morgan fingerprint density at radius 1 is 0.868 bits per heavy atom. The molecule has 0 fully saturated rings. The fraction of sp³-hybridized carbons (Fsp3) is 0.300. The summed E-state index contributed by atoms with van der Waals surface area (Å²) in [5.74, 6) is -1.62. The average Bonchev–Trinajstić information content (AvgIpc) is 3.23. The molecule has 0 unspecified atom stereocenters. The number of esters is 2. The molecule has 2 aromatic carbocycles. The molecule has 0 bridgehead atoms. The van der Waals surface area contributed by atoms with Crippen molar-refractivity contribution < 1.29 is 19.1 Å². The summed E-state index contributed by atoms with van der Waals surface area (Å²) in [6.07, 6.45) is 1.76. The van der Waals surface area contributed by atoms with Crippen molar-refractivity contribution in [3.05, 3.63) is 95.9 Å². The van der Waals surface area contributed by atoms with Crippen molar-refractivity contribution in [1.29, 1.82) is 0 Å². The van der Waals surface area contributed by atoms with E-state index in [0.29, 0.717) is 26.6 Å². The van der Waals surface area contributed by atoms with E-state index in [1.165, 1.54) is 24.4 Å². The minimum Gasteiger partial charge on any atom is -0.466 e. The van der Waals surface area contributed by atoms with Crippen molar-refractivity contribution in [2.75, 3.05) is 14.2 Å². The van der Waals surface area contributed by atoms with Crippen LogP contribution < -0.4 is 20.5 Å². The molecule has 8 heteroatoms. The molecule has 0 saturated heterocycles.